The Hall–Kier alpha value is -2.38. The van der Waals surface area contributed by atoms with Crippen molar-refractivity contribution in [2.45, 2.75) is 36.6 Å². The number of carbonyl (C=O) groups is 1. The van der Waals surface area contributed by atoms with Crippen LogP contribution in [0.2, 0.25) is 5.02 Å². The molecule has 1 N–H and O–H groups in total. The van der Waals surface area contributed by atoms with Crippen molar-refractivity contribution in [3.8, 4) is 5.69 Å². The maximum absolute atomic E-state index is 12.6. The van der Waals surface area contributed by atoms with Gasteiger partial charge in [-0.3, -0.25) is 4.79 Å². The Morgan fingerprint density at radius 1 is 1.21 bits per heavy atom. The summed E-state index contributed by atoms with van der Waals surface area (Å²) in [5.74, 6) is 0.249. The lowest BCUT2D eigenvalue weighted by molar-refractivity contribution is -0.120. The fourth-order valence-corrected chi connectivity index (χ4v) is 3.84. The molecule has 1 amide bonds. The normalized spacial score (nSPS) is 13.1. The molecule has 0 bridgehead atoms. The highest BCUT2D eigenvalue weighted by molar-refractivity contribution is 8.00. The van der Waals surface area contributed by atoms with Crippen LogP contribution in [-0.2, 0) is 4.79 Å². The molecule has 0 saturated heterocycles. The lowest BCUT2D eigenvalue weighted by Crippen LogP contribution is -2.34. The molecule has 3 rings (SSSR count). The molecule has 0 radical (unpaired) electrons. The molecule has 2 atom stereocenters. The highest BCUT2D eigenvalue weighted by Gasteiger charge is 2.20. The smallest absolute Gasteiger partial charge is 0.233 e. The van der Waals surface area contributed by atoms with Gasteiger partial charge in [0, 0.05) is 17.5 Å². The maximum Gasteiger partial charge on any atom is 0.233 e. The topological polar surface area (TPSA) is 72.7 Å². The van der Waals surface area contributed by atoms with Gasteiger partial charge in [-0.15, -0.1) is 5.10 Å². The Morgan fingerprint density at radius 3 is 2.71 bits per heavy atom. The highest BCUT2D eigenvalue weighted by Crippen LogP contribution is 2.24. The summed E-state index contributed by atoms with van der Waals surface area (Å²) in [5.41, 5.74) is 1.98. The van der Waals surface area contributed by atoms with Gasteiger partial charge in [-0.05, 0) is 47.5 Å². The summed E-state index contributed by atoms with van der Waals surface area (Å²) >= 11 is 7.37. The number of nitrogens with one attached hydrogen (secondary N) is 1. The number of hydrogen-bond acceptors (Lipinski definition) is 5. The zero-order chi connectivity index (χ0) is 19.9. The summed E-state index contributed by atoms with van der Waals surface area (Å²) in [6.45, 7) is 4.57. The van der Waals surface area contributed by atoms with Gasteiger partial charge < -0.3 is 5.32 Å². The summed E-state index contributed by atoms with van der Waals surface area (Å²) in [4.78, 5) is 12.6. The Bertz CT molecular complexity index is 918. The molecule has 6 nitrogen and oxygen atoms in total. The summed E-state index contributed by atoms with van der Waals surface area (Å²) < 4.78 is 1.58. The van der Waals surface area contributed by atoms with Gasteiger partial charge >= 0.3 is 0 Å². The Labute approximate surface area is 173 Å². The molecule has 0 aliphatic rings. The second-order valence-electron chi connectivity index (χ2n) is 6.37. The van der Waals surface area contributed by atoms with Gasteiger partial charge in [0.15, 0.2) is 0 Å². The van der Waals surface area contributed by atoms with E-state index in [1.165, 1.54) is 17.3 Å². The molecule has 0 saturated carbocycles. The van der Waals surface area contributed by atoms with Crippen molar-refractivity contribution in [2.24, 2.45) is 0 Å². The van der Waals surface area contributed by atoms with Gasteiger partial charge in [-0.25, -0.2) is 0 Å². The first kappa shape index (κ1) is 20.4. The summed E-state index contributed by atoms with van der Waals surface area (Å²) in [7, 11) is 0. The van der Waals surface area contributed by atoms with Gasteiger partial charge in [-0.2, -0.15) is 4.68 Å². The maximum atomic E-state index is 12.6. The molecular weight excluding hydrogens is 394 g/mol. The largest absolute Gasteiger partial charge is 0.355 e. The molecule has 146 valence electrons. The van der Waals surface area contributed by atoms with Crippen molar-refractivity contribution in [3.05, 3.63) is 65.2 Å². The molecule has 0 fully saturated rings. The molecule has 1 aromatic heterocycles. The molecule has 8 heteroatoms. The van der Waals surface area contributed by atoms with E-state index in [1.807, 2.05) is 37.3 Å². The van der Waals surface area contributed by atoms with Crippen LogP contribution in [0.1, 0.15) is 31.7 Å². The van der Waals surface area contributed by atoms with Gasteiger partial charge in [0.05, 0.1) is 10.9 Å². The van der Waals surface area contributed by atoms with Crippen LogP contribution in [0.5, 0.6) is 0 Å². The highest BCUT2D eigenvalue weighted by atomic mass is 35.5. The number of hydrogen-bond donors (Lipinski definition) is 1. The van der Waals surface area contributed by atoms with E-state index in [1.54, 1.807) is 16.8 Å². The monoisotopic (exact) mass is 415 g/mol. The van der Waals surface area contributed by atoms with Crippen LogP contribution in [0.4, 0.5) is 0 Å². The van der Waals surface area contributed by atoms with Gasteiger partial charge in [-0.1, -0.05) is 66.7 Å². The molecule has 0 aliphatic carbocycles. The van der Waals surface area contributed by atoms with Gasteiger partial charge in [0.25, 0.3) is 0 Å². The van der Waals surface area contributed by atoms with Crippen LogP contribution in [-0.4, -0.2) is 37.9 Å². The summed E-state index contributed by atoms with van der Waals surface area (Å²) in [6, 6.07) is 17.5. The van der Waals surface area contributed by atoms with Crippen LogP contribution in [0.15, 0.2) is 59.8 Å². The Balaban J connectivity index is 1.61. The van der Waals surface area contributed by atoms with Crippen molar-refractivity contribution in [2.75, 3.05) is 6.54 Å². The number of amides is 1. The molecule has 1 heterocycles. The van der Waals surface area contributed by atoms with E-state index in [9.17, 15) is 4.79 Å². The van der Waals surface area contributed by atoms with Crippen LogP contribution in [0.3, 0.4) is 0 Å². The molecule has 28 heavy (non-hydrogen) atoms. The number of rotatable bonds is 8. The average molecular weight is 416 g/mol. The third kappa shape index (κ3) is 5.11. The number of aromatic nitrogens is 4. The van der Waals surface area contributed by atoms with E-state index in [2.05, 4.69) is 39.9 Å². The van der Waals surface area contributed by atoms with Crippen LogP contribution < -0.4 is 5.32 Å². The zero-order valence-corrected chi connectivity index (χ0v) is 17.3. The predicted octanol–water partition coefficient (Wildman–Crippen LogP) is 4.11. The van der Waals surface area contributed by atoms with Crippen molar-refractivity contribution < 1.29 is 4.79 Å². The minimum atomic E-state index is -0.336. The second-order valence-corrected chi connectivity index (χ2v) is 8.12. The zero-order valence-electron chi connectivity index (χ0n) is 15.7. The van der Waals surface area contributed by atoms with E-state index in [0.29, 0.717) is 22.6 Å². The number of tetrazole rings is 1. The minimum absolute atomic E-state index is 0.0416. The summed E-state index contributed by atoms with van der Waals surface area (Å²) in [5, 5.41) is 15.6. The number of carbonyl (C=O) groups excluding carboxylic acids is 1. The second kappa shape index (κ2) is 9.71. The standard InChI is InChI=1S/C20H22ClN5OS/c1-3-15(16-8-5-4-6-9-16)13-22-19(27)14(2)28-20-23-24-25-26(20)18-11-7-10-17(21)12-18/h4-12,14-15H,3,13H2,1-2H3,(H,22,27)/t14-,15-/m0/s1. The van der Waals surface area contributed by atoms with E-state index in [-0.39, 0.29) is 11.2 Å². The molecule has 0 spiro atoms. The third-order valence-electron chi connectivity index (χ3n) is 4.43. The quantitative estimate of drug-likeness (QED) is 0.560. The van der Waals surface area contributed by atoms with Gasteiger partial charge in [0.2, 0.25) is 11.1 Å². The van der Waals surface area contributed by atoms with E-state index in [0.717, 1.165) is 12.1 Å². The van der Waals surface area contributed by atoms with E-state index >= 15 is 0 Å². The fraction of sp³-hybridized carbons (Fsp3) is 0.300. The van der Waals surface area contributed by atoms with Crippen molar-refractivity contribution >= 4 is 29.3 Å². The number of thioether (sulfide) groups is 1. The van der Waals surface area contributed by atoms with Crippen molar-refractivity contribution in [1.29, 1.82) is 0 Å². The average Bonchev–Trinajstić information content (AvgIpc) is 3.17. The predicted molar refractivity (Wildman–Crippen MR) is 112 cm³/mol. The first-order valence-electron chi connectivity index (χ1n) is 9.12. The summed E-state index contributed by atoms with van der Waals surface area (Å²) in [6.07, 6.45) is 0.957. The molecule has 0 aliphatic heterocycles. The van der Waals surface area contributed by atoms with Crippen LogP contribution in [0.25, 0.3) is 5.69 Å². The van der Waals surface area contributed by atoms with Crippen molar-refractivity contribution in [3.63, 3.8) is 0 Å². The van der Waals surface area contributed by atoms with Crippen LogP contribution in [0, 0.1) is 0 Å². The van der Waals surface area contributed by atoms with E-state index < -0.39 is 0 Å². The fourth-order valence-electron chi connectivity index (χ4n) is 2.82. The number of nitrogens with zero attached hydrogens (tertiary/aromatic N) is 4. The SMILES string of the molecule is CC[C@@H](CNC(=O)[C@H](C)Sc1nnnn1-c1cccc(Cl)c1)c1ccccc1. The first-order chi connectivity index (χ1) is 13.6. The lowest BCUT2D eigenvalue weighted by atomic mass is 9.96. The Kier molecular flexibility index (Phi) is 7.06. The van der Waals surface area contributed by atoms with Crippen LogP contribution >= 0.6 is 23.4 Å². The molecular formula is C20H22ClN5OS. The third-order valence-corrected chi connectivity index (χ3v) is 5.70. The number of benzene rings is 2. The van der Waals surface area contributed by atoms with Gasteiger partial charge in [0.1, 0.15) is 0 Å². The molecule has 0 unspecified atom stereocenters. The minimum Gasteiger partial charge on any atom is -0.355 e. The lowest BCUT2D eigenvalue weighted by Gasteiger charge is -2.18. The Morgan fingerprint density at radius 2 is 2.00 bits per heavy atom. The van der Waals surface area contributed by atoms with Crippen molar-refractivity contribution in [1.82, 2.24) is 25.5 Å². The number of halogens is 1. The molecule has 3 aromatic rings. The molecule has 2 aromatic carbocycles. The first-order valence-corrected chi connectivity index (χ1v) is 10.4. The van der Waals surface area contributed by atoms with E-state index in [4.69, 9.17) is 11.6 Å².